The molecule has 0 saturated carbocycles. The number of amides is 1. The second-order valence-electron chi connectivity index (χ2n) is 7.60. The summed E-state index contributed by atoms with van der Waals surface area (Å²) in [6.45, 7) is 3.80. The number of carbonyl (C=O) groups excluding carboxylic acids is 3. The highest BCUT2D eigenvalue weighted by Crippen LogP contribution is 2.52. The lowest BCUT2D eigenvalue weighted by Crippen LogP contribution is -2.13. The molecule has 3 aromatic rings. The first kappa shape index (κ1) is 26.1. The molecule has 0 fully saturated rings. The van der Waals surface area contributed by atoms with Gasteiger partial charge in [0.15, 0.2) is 28.7 Å². The molecule has 0 heterocycles. The fourth-order valence-corrected chi connectivity index (χ4v) is 3.81. The minimum atomic E-state index is -0.629. The first-order valence-electron chi connectivity index (χ1n) is 10.8. The number of benzene rings is 3. The van der Waals surface area contributed by atoms with Crippen molar-refractivity contribution in [1.29, 1.82) is 0 Å². The molecule has 10 heteroatoms. The number of anilines is 1. The maximum Gasteiger partial charge on any atom is 0.308 e. The first-order chi connectivity index (χ1) is 17.1. The molecule has 1 N–H and O–H groups in total. The van der Waals surface area contributed by atoms with E-state index >= 15 is 0 Å². The van der Waals surface area contributed by atoms with Crippen LogP contribution in [0.15, 0.2) is 30.3 Å². The number of nitrogens with one attached hydrogen (secondary N) is 1. The topological polar surface area (TPSA) is 119 Å². The highest BCUT2D eigenvalue weighted by Gasteiger charge is 2.28. The zero-order valence-electron chi connectivity index (χ0n) is 21.1. The summed E-state index contributed by atoms with van der Waals surface area (Å²) in [6.07, 6.45) is 0. The fourth-order valence-electron chi connectivity index (χ4n) is 3.81. The Balaban J connectivity index is 2.61. The Morgan fingerprint density at radius 1 is 0.639 bits per heavy atom. The van der Waals surface area contributed by atoms with E-state index in [9.17, 15) is 14.4 Å². The Morgan fingerprint density at radius 3 is 1.58 bits per heavy atom. The number of esters is 2. The van der Waals surface area contributed by atoms with Crippen molar-refractivity contribution in [3.05, 3.63) is 30.3 Å². The Kier molecular flexibility index (Phi) is 7.88. The summed E-state index contributed by atoms with van der Waals surface area (Å²) < 4.78 is 33.0. The van der Waals surface area contributed by atoms with Crippen LogP contribution in [0.1, 0.15) is 20.8 Å². The van der Waals surface area contributed by atoms with Crippen molar-refractivity contribution < 1.29 is 42.8 Å². The van der Waals surface area contributed by atoms with Gasteiger partial charge in [-0.1, -0.05) is 6.07 Å². The second-order valence-corrected chi connectivity index (χ2v) is 7.60. The average molecular weight is 498 g/mol. The fraction of sp³-hybridized carbons (Fsp3) is 0.269. The predicted octanol–water partition coefficient (Wildman–Crippen LogP) is 4.35. The Labute approximate surface area is 208 Å². The summed E-state index contributed by atoms with van der Waals surface area (Å²) in [6, 6.07) is 8.17. The van der Waals surface area contributed by atoms with E-state index in [4.69, 9.17) is 28.4 Å². The van der Waals surface area contributed by atoms with Crippen LogP contribution in [0.4, 0.5) is 5.69 Å². The Hall–Kier alpha value is -4.47. The number of ether oxygens (including phenoxy) is 6. The van der Waals surface area contributed by atoms with E-state index in [1.807, 2.05) is 0 Å². The van der Waals surface area contributed by atoms with Crippen LogP contribution in [0.5, 0.6) is 34.5 Å². The molecule has 0 aliphatic rings. The SMILES string of the molecule is COc1ccc(-c2c(NC(C)=O)c(OC(C)=O)c3cc(OC)c(OC)cc3c2OC(C)=O)cc1OC. The molecular formula is C26H27NO9. The smallest absolute Gasteiger partial charge is 0.308 e. The summed E-state index contributed by atoms with van der Waals surface area (Å²) in [5, 5.41) is 3.45. The summed E-state index contributed by atoms with van der Waals surface area (Å²) in [5.74, 6) is -0.0169. The number of hydrogen-bond acceptors (Lipinski definition) is 9. The van der Waals surface area contributed by atoms with E-state index < -0.39 is 17.8 Å². The van der Waals surface area contributed by atoms with Gasteiger partial charge < -0.3 is 33.7 Å². The van der Waals surface area contributed by atoms with E-state index in [0.717, 1.165) is 0 Å². The van der Waals surface area contributed by atoms with Crippen molar-refractivity contribution in [2.24, 2.45) is 0 Å². The number of carbonyl (C=O) groups is 3. The molecule has 0 atom stereocenters. The molecule has 0 aliphatic carbocycles. The van der Waals surface area contributed by atoms with Crippen LogP contribution in [-0.2, 0) is 14.4 Å². The summed E-state index contributed by atoms with van der Waals surface area (Å²) in [4.78, 5) is 36.7. The van der Waals surface area contributed by atoms with Crippen molar-refractivity contribution in [2.75, 3.05) is 33.8 Å². The number of rotatable bonds is 8. The van der Waals surface area contributed by atoms with Crippen LogP contribution in [-0.4, -0.2) is 46.3 Å². The number of hydrogen-bond donors (Lipinski definition) is 1. The van der Waals surface area contributed by atoms with Crippen molar-refractivity contribution >= 4 is 34.3 Å². The first-order valence-corrected chi connectivity index (χ1v) is 10.8. The molecule has 36 heavy (non-hydrogen) atoms. The molecule has 10 nitrogen and oxygen atoms in total. The molecule has 0 spiro atoms. The zero-order chi connectivity index (χ0) is 26.6. The lowest BCUT2D eigenvalue weighted by molar-refractivity contribution is -0.132. The van der Waals surface area contributed by atoms with Gasteiger partial charge in [-0.05, 0) is 29.8 Å². The van der Waals surface area contributed by atoms with Gasteiger partial charge in [0.1, 0.15) is 5.75 Å². The van der Waals surface area contributed by atoms with Gasteiger partial charge >= 0.3 is 11.9 Å². The maximum absolute atomic E-state index is 12.3. The van der Waals surface area contributed by atoms with E-state index in [1.165, 1.54) is 49.2 Å². The van der Waals surface area contributed by atoms with Crippen LogP contribution in [0.2, 0.25) is 0 Å². The summed E-state index contributed by atoms with van der Waals surface area (Å²) >= 11 is 0. The summed E-state index contributed by atoms with van der Waals surface area (Å²) in [7, 11) is 5.89. The van der Waals surface area contributed by atoms with Gasteiger partial charge in [0, 0.05) is 31.5 Å². The predicted molar refractivity (Wildman–Crippen MR) is 133 cm³/mol. The lowest BCUT2D eigenvalue weighted by atomic mass is 9.95. The van der Waals surface area contributed by atoms with Crippen LogP contribution in [0.25, 0.3) is 21.9 Å². The average Bonchev–Trinajstić information content (AvgIpc) is 2.84. The van der Waals surface area contributed by atoms with E-state index in [0.29, 0.717) is 39.3 Å². The van der Waals surface area contributed by atoms with Crippen LogP contribution in [0.3, 0.4) is 0 Å². The third kappa shape index (κ3) is 5.12. The van der Waals surface area contributed by atoms with Crippen LogP contribution < -0.4 is 33.7 Å². The molecular weight excluding hydrogens is 470 g/mol. The van der Waals surface area contributed by atoms with E-state index in [-0.39, 0.29) is 22.7 Å². The van der Waals surface area contributed by atoms with Crippen LogP contribution >= 0.6 is 0 Å². The van der Waals surface area contributed by atoms with Gasteiger partial charge in [0.25, 0.3) is 0 Å². The van der Waals surface area contributed by atoms with E-state index in [2.05, 4.69) is 5.32 Å². The summed E-state index contributed by atoms with van der Waals surface area (Å²) in [5.41, 5.74) is 0.871. The minimum Gasteiger partial charge on any atom is -0.493 e. The Morgan fingerprint density at radius 2 is 1.11 bits per heavy atom. The van der Waals surface area contributed by atoms with Crippen molar-refractivity contribution in [1.82, 2.24) is 0 Å². The van der Waals surface area contributed by atoms with Gasteiger partial charge in [0.2, 0.25) is 5.91 Å². The quantitative estimate of drug-likeness (QED) is 0.358. The molecule has 3 rings (SSSR count). The van der Waals surface area contributed by atoms with Gasteiger partial charge in [-0.25, -0.2) is 0 Å². The van der Waals surface area contributed by atoms with Gasteiger partial charge in [-0.3, -0.25) is 14.4 Å². The normalized spacial score (nSPS) is 10.4. The molecule has 1 amide bonds. The second kappa shape index (κ2) is 10.9. The molecule has 0 unspecified atom stereocenters. The standard InChI is InChI=1S/C26H27NO9/c1-13(28)27-24-23(16-8-9-19(31-4)20(10-16)32-5)25(35-14(2)29)17-11-21(33-6)22(34-7)12-18(17)26(24)36-15(3)30/h8-12H,1-7H3,(H,27,28). The van der Waals surface area contributed by atoms with Gasteiger partial charge in [-0.15, -0.1) is 0 Å². The minimum absolute atomic E-state index is 0.0364. The highest BCUT2D eigenvalue weighted by molar-refractivity contribution is 6.12. The van der Waals surface area contributed by atoms with Crippen molar-refractivity contribution in [2.45, 2.75) is 20.8 Å². The molecule has 0 radical (unpaired) electrons. The molecule has 0 aromatic heterocycles. The van der Waals surface area contributed by atoms with Crippen molar-refractivity contribution in [3.63, 3.8) is 0 Å². The maximum atomic E-state index is 12.3. The molecule has 190 valence electrons. The van der Waals surface area contributed by atoms with Crippen LogP contribution in [0, 0.1) is 0 Å². The number of fused-ring (bicyclic) bond motifs is 1. The molecule has 0 saturated heterocycles. The Bertz CT molecular complexity index is 1350. The lowest BCUT2D eigenvalue weighted by Gasteiger charge is -2.23. The van der Waals surface area contributed by atoms with Gasteiger partial charge in [-0.2, -0.15) is 0 Å². The third-order valence-corrected chi connectivity index (χ3v) is 5.18. The van der Waals surface area contributed by atoms with Crippen molar-refractivity contribution in [3.8, 4) is 45.6 Å². The largest absolute Gasteiger partial charge is 0.493 e. The number of methoxy groups -OCH3 is 4. The molecule has 0 bridgehead atoms. The molecule has 3 aromatic carbocycles. The van der Waals surface area contributed by atoms with E-state index in [1.54, 1.807) is 30.3 Å². The van der Waals surface area contributed by atoms with Gasteiger partial charge in [0.05, 0.1) is 39.7 Å². The highest BCUT2D eigenvalue weighted by atomic mass is 16.5. The zero-order valence-corrected chi connectivity index (χ0v) is 21.1. The third-order valence-electron chi connectivity index (χ3n) is 5.18. The molecule has 0 aliphatic heterocycles. The monoisotopic (exact) mass is 497 g/mol.